The second-order valence-corrected chi connectivity index (χ2v) is 23.7. The molecule has 9 aliphatic carbocycles. The van der Waals surface area contributed by atoms with Gasteiger partial charge in [0, 0.05) is 16.2 Å². The molecule has 6 aromatic rings. The Labute approximate surface area is 397 Å². The fourth-order valence-electron chi connectivity index (χ4n) is 18.2. The molecule has 0 bridgehead atoms. The van der Waals surface area contributed by atoms with Crippen LogP contribution in [0.15, 0.2) is 109 Å². The van der Waals surface area contributed by atoms with Crippen LogP contribution in [0.2, 0.25) is 0 Å². The Balaban J connectivity index is 0.0000000988. The molecule has 3 saturated carbocycles. The van der Waals surface area contributed by atoms with Gasteiger partial charge in [-0.1, -0.05) is 151 Å². The van der Waals surface area contributed by atoms with Crippen molar-refractivity contribution in [2.75, 3.05) is 0 Å². The Morgan fingerprint density at radius 3 is 1.06 bits per heavy atom. The van der Waals surface area contributed by atoms with E-state index in [0.29, 0.717) is 16.2 Å². The van der Waals surface area contributed by atoms with E-state index in [1.54, 1.807) is 66.8 Å². The lowest BCUT2D eigenvalue weighted by molar-refractivity contribution is 0.176. The van der Waals surface area contributed by atoms with Crippen molar-refractivity contribution >= 4 is 0 Å². The minimum Gasteiger partial charge on any atom is -0.0617 e. The van der Waals surface area contributed by atoms with E-state index in [0.717, 1.165) is 35.5 Å². The maximum atomic E-state index is 2.52. The summed E-state index contributed by atoms with van der Waals surface area (Å²) in [6, 6.07) is 43.2. The first-order valence-corrected chi connectivity index (χ1v) is 26.7. The van der Waals surface area contributed by atoms with E-state index in [9.17, 15) is 0 Å². The molecule has 3 fully saturated rings. The Morgan fingerprint density at radius 2 is 0.636 bits per heavy atom. The van der Waals surface area contributed by atoms with Gasteiger partial charge < -0.3 is 0 Å². The van der Waals surface area contributed by atoms with Crippen molar-refractivity contribution in [3.8, 4) is 0 Å². The number of hydrogen-bond acceptors (Lipinski definition) is 0. The molecule has 0 heteroatoms. The highest BCUT2D eigenvalue weighted by Gasteiger charge is 2.60. The predicted molar refractivity (Wildman–Crippen MR) is 274 cm³/mol. The molecule has 0 heterocycles. The highest BCUT2D eigenvalue weighted by atomic mass is 14.6. The summed E-state index contributed by atoms with van der Waals surface area (Å²) >= 11 is 0. The monoisotopic (exact) mass is 865 g/mol. The summed E-state index contributed by atoms with van der Waals surface area (Å²) in [6.07, 6.45) is 20.6. The highest BCUT2D eigenvalue weighted by molar-refractivity contribution is 5.61. The molecule has 9 aliphatic rings. The summed E-state index contributed by atoms with van der Waals surface area (Å²) in [5, 5.41) is 0. The van der Waals surface area contributed by atoms with Crippen LogP contribution < -0.4 is 0 Å². The van der Waals surface area contributed by atoms with Gasteiger partial charge in [-0.15, -0.1) is 0 Å². The van der Waals surface area contributed by atoms with Gasteiger partial charge in [0.15, 0.2) is 0 Å². The number of hydrogen-bond donors (Lipinski definition) is 0. The van der Waals surface area contributed by atoms with Crippen LogP contribution in [0.3, 0.4) is 0 Å². The molecule has 0 N–H and O–H groups in total. The summed E-state index contributed by atoms with van der Waals surface area (Å²) in [5.74, 6) is 5.03. The van der Waals surface area contributed by atoms with E-state index in [1.165, 1.54) is 130 Å². The molecular formula is C66H72. The molecule has 0 aromatic heterocycles. The van der Waals surface area contributed by atoms with E-state index in [2.05, 4.69) is 151 Å². The normalized spacial score (nSPS) is 31.4. The van der Waals surface area contributed by atoms with Crippen LogP contribution in [0.4, 0.5) is 0 Å². The summed E-state index contributed by atoms with van der Waals surface area (Å²) < 4.78 is 0. The fourth-order valence-corrected chi connectivity index (χ4v) is 18.2. The van der Waals surface area contributed by atoms with Crippen LogP contribution in [-0.4, -0.2) is 0 Å². The largest absolute Gasteiger partial charge is 0.0617 e. The first kappa shape index (κ1) is 41.5. The average molecular weight is 865 g/mol. The smallest absolute Gasteiger partial charge is 0.0271 e. The van der Waals surface area contributed by atoms with Crippen LogP contribution in [0.1, 0.15) is 158 Å². The summed E-state index contributed by atoms with van der Waals surface area (Å²) in [7, 11) is 0. The van der Waals surface area contributed by atoms with Gasteiger partial charge in [-0.3, -0.25) is 0 Å². The quantitative estimate of drug-likeness (QED) is 0.143. The predicted octanol–water partition coefficient (Wildman–Crippen LogP) is 15.4. The van der Waals surface area contributed by atoms with Crippen LogP contribution in [0.25, 0.3) is 0 Å². The Hall–Kier alpha value is -4.68. The third-order valence-corrected chi connectivity index (χ3v) is 20.5. The lowest BCUT2D eigenvalue weighted by Gasteiger charge is -2.43. The Morgan fingerprint density at radius 1 is 0.303 bits per heavy atom. The van der Waals surface area contributed by atoms with E-state index >= 15 is 0 Å². The first-order valence-electron chi connectivity index (χ1n) is 26.7. The van der Waals surface area contributed by atoms with Gasteiger partial charge in [-0.2, -0.15) is 0 Å². The molecule has 0 radical (unpaired) electrons. The first-order chi connectivity index (χ1) is 32.1. The van der Waals surface area contributed by atoms with Crippen LogP contribution >= 0.6 is 0 Å². The highest BCUT2D eigenvalue weighted by Crippen LogP contribution is 2.66. The molecule has 0 aliphatic heterocycles. The van der Waals surface area contributed by atoms with E-state index in [1.807, 2.05) is 0 Å². The molecule has 15 rings (SSSR count). The molecule has 0 saturated heterocycles. The van der Waals surface area contributed by atoms with Gasteiger partial charge in [-0.05, 0) is 232 Å². The van der Waals surface area contributed by atoms with Gasteiger partial charge in [0.05, 0.1) is 0 Å². The van der Waals surface area contributed by atoms with E-state index in [-0.39, 0.29) is 0 Å². The van der Waals surface area contributed by atoms with Crippen molar-refractivity contribution < 1.29 is 0 Å². The van der Waals surface area contributed by atoms with Gasteiger partial charge in [0.1, 0.15) is 0 Å². The molecule has 3 spiro atoms. The van der Waals surface area contributed by atoms with Crippen molar-refractivity contribution in [1.29, 1.82) is 0 Å². The van der Waals surface area contributed by atoms with E-state index in [4.69, 9.17) is 0 Å². The van der Waals surface area contributed by atoms with Crippen molar-refractivity contribution in [2.45, 2.75) is 154 Å². The zero-order chi connectivity index (χ0) is 44.7. The summed E-state index contributed by atoms with van der Waals surface area (Å²) in [6.45, 7) is 13.6. The lowest BCUT2D eigenvalue weighted by atomic mass is 9.59. The van der Waals surface area contributed by atoms with Gasteiger partial charge in [-0.25, -0.2) is 0 Å². The second kappa shape index (κ2) is 15.2. The minimum atomic E-state index is 0.348. The van der Waals surface area contributed by atoms with E-state index < -0.39 is 0 Å². The maximum Gasteiger partial charge on any atom is 0.0271 e. The Bertz CT molecular complexity index is 2740. The molecule has 0 amide bonds. The zero-order valence-electron chi connectivity index (χ0n) is 41.0. The van der Waals surface area contributed by atoms with Crippen LogP contribution in [0.5, 0.6) is 0 Å². The van der Waals surface area contributed by atoms with Gasteiger partial charge in [0.2, 0.25) is 0 Å². The summed E-state index contributed by atoms with van der Waals surface area (Å²) in [4.78, 5) is 0. The zero-order valence-corrected chi connectivity index (χ0v) is 41.0. The average Bonchev–Trinajstić information content (AvgIpc) is 4.15. The van der Waals surface area contributed by atoms with Crippen LogP contribution in [-0.2, 0) is 54.8 Å². The molecular weight excluding hydrogens is 793 g/mol. The van der Waals surface area contributed by atoms with Crippen molar-refractivity contribution in [2.24, 2.45) is 35.5 Å². The molecule has 66 heavy (non-hydrogen) atoms. The number of aryl methyl sites for hydroxylation is 6. The van der Waals surface area contributed by atoms with Gasteiger partial charge in [0.25, 0.3) is 0 Å². The standard InChI is InChI=1S/3C22H24/c1-14-6-3-10-20-18(14)12-16-8-5-9-17-13-19-15(2)7-4-11-21(19)22(16,17)20;1-14-6-8-20-16(10-14)12-18-4-3-5-19-13-17-11-15(2)7-9-21(17)22(18,19)20;1-14-6-8-16-12-18-4-3-5-19-13-17-9-7-15(2)11-21(17)22(18,19)20(16)10-14/h3-4,6-7,10-11,16-17H,5,8-9,12-13H2,1-2H3;2*6-11,18-19H,3-5,12-13H2,1-2H3/t16-,17-,22?;2*18-,19-,22?/m000/s1. The maximum absolute atomic E-state index is 2.52. The second-order valence-electron chi connectivity index (χ2n) is 23.7. The number of rotatable bonds is 0. The van der Waals surface area contributed by atoms with Crippen molar-refractivity contribution in [1.82, 2.24) is 0 Å². The lowest BCUT2D eigenvalue weighted by Crippen LogP contribution is -2.41. The molecule has 0 unspecified atom stereocenters. The molecule has 336 valence electrons. The Kier molecular flexibility index (Phi) is 9.53. The minimum absolute atomic E-state index is 0.348. The molecule has 0 nitrogen and oxygen atoms in total. The van der Waals surface area contributed by atoms with Gasteiger partial charge >= 0.3 is 0 Å². The van der Waals surface area contributed by atoms with Crippen molar-refractivity contribution in [3.63, 3.8) is 0 Å². The number of fused-ring (bicyclic) bond motifs is 6. The topological polar surface area (TPSA) is 0 Å². The summed E-state index contributed by atoms with van der Waals surface area (Å²) in [5.41, 5.74) is 29.8. The third-order valence-electron chi connectivity index (χ3n) is 20.5. The fraction of sp³-hybridized carbons (Fsp3) is 0.455. The SMILES string of the molecule is Cc1ccc2c(c1)C13c4cc(C)ccc4C[C@@H]1CCC[C@H]3C2.Cc1ccc2c(c1)C[C@@H]1CCC[C@H]3Cc4cc(C)ccc4C213.Cc1cccc2c1C[C@@H]1CCC[C@H]3Cc4c(C)cccc4C213. The van der Waals surface area contributed by atoms with Crippen LogP contribution in [0, 0.1) is 77.0 Å². The third kappa shape index (κ3) is 5.63. The van der Waals surface area contributed by atoms with Crippen molar-refractivity contribution in [3.05, 3.63) is 209 Å². The molecule has 6 atom stereocenters. The number of benzene rings is 6. The molecule has 6 aromatic carbocycles.